The number of carbonyl (C=O) groups is 2. The highest BCUT2D eigenvalue weighted by Crippen LogP contribution is 2.25. The Hall–Kier alpha value is -4.26. The molecule has 12 nitrogen and oxygen atoms in total. The lowest BCUT2D eigenvalue weighted by Crippen LogP contribution is -2.35. The molecule has 4 aromatic rings. The van der Waals surface area contributed by atoms with E-state index in [9.17, 15) is 14.4 Å². The summed E-state index contributed by atoms with van der Waals surface area (Å²) in [5.74, 6) is -0.307. The van der Waals surface area contributed by atoms with Crippen LogP contribution in [0.25, 0.3) is 10.8 Å². The summed E-state index contributed by atoms with van der Waals surface area (Å²) in [6, 6.07) is 4.80. The Morgan fingerprint density at radius 2 is 2.00 bits per heavy atom. The van der Waals surface area contributed by atoms with Crippen LogP contribution >= 0.6 is 11.3 Å². The summed E-state index contributed by atoms with van der Waals surface area (Å²) in [5, 5.41) is 7.67. The van der Waals surface area contributed by atoms with Crippen LogP contribution in [-0.4, -0.2) is 48.8 Å². The highest BCUT2D eigenvalue weighted by atomic mass is 32.1. The minimum atomic E-state index is -0.739. The molecule has 0 radical (unpaired) electrons. The minimum absolute atomic E-state index is 0.0521. The number of pyridine rings is 1. The third-order valence-corrected chi connectivity index (χ3v) is 5.67. The topological polar surface area (TPSA) is 150 Å². The Balaban J connectivity index is 1.80. The maximum absolute atomic E-state index is 13.1. The molecule has 4 rings (SSSR count). The van der Waals surface area contributed by atoms with E-state index in [0.717, 1.165) is 4.88 Å². The lowest BCUT2D eigenvalue weighted by molar-refractivity contribution is 0.0587. The Morgan fingerprint density at radius 1 is 1.26 bits per heavy atom. The van der Waals surface area contributed by atoms with Gasteiger partial charge in [0, 0.05) is 30.4 Å². The summed E-state index contributed by atoms with van der Waals surface area (Å²) in [6.45, 7) is 7.14. The van der Waals surface area contributed by atoms with Crippen LogP contribution in [0.3, 0.4) is 0 Å². The quantitative estimate of drug-likeness (QED) is 0.428. The molecule has 2 amide bonds. The molecule has 0 atom stereocenters. The van der Waals surface area contributed by atoms with Gasteiger partial charge in [0.15, 0.2) is 10.8 Å². The number of primary amides is 1. The zero-order valence-electron chi connectivity index (χ0n) is 19.8. The largest absolute Gasteiger partial charge is 0.443 e. The molecule has 4 aromatic heterocycles. The van der Waals surface area contributed by atoms with Gasteiger partial charge < -0.3 is 15.8 Å². The first kappa shape index (κ1) is 23.9. The van der Waals surface area contributed by atoms with Gasteiger partial charge in [0.2, 0.25) is 0 Å². The summed E-state index contributed by atoms with van der Waals surface area (Å²) >= 11 is 1.38. The van der Waals surface area contributed by atoms with Crippen LogP contribution in [-0.2, 0) is 4.74 Å². The molecule has 0 fully saturated rings. The summed E-state index contributed by atoms with van der Waals surface area (Å²) in [6.07, 6.45) is 3.92. The number of aryl methyl sites for hydroxylation is 1. The van der Waals surface area contributed by atoms with Crippen LogP contribution in [0.1, 0.15) is 36.0 Å². The van der Waals surface area contributed by atoms with Gasteiger partial charge in [-0.15, -0.1) is 11.3 Å². The molecule has 4 heterocycles. The van der Waals surface area contributed by atoms with E-state index < -0.39 is 17.6 Å². The first-order valence-corrected chi connectivity index (χ1v) is 11.3. The van der Waals surface area contributed by atoms with E-state index in [-0.39, 0.29) is 34.1 Å². The third-order valence-electron chi connectivity index (χ3n) is 4.75. The van der Waals surface area contributed by atoms with Crippen molar-refractivity contribution in [3.8, 4) is 5.13 Å². The Morgan fingerprint density at radius 3 is 2.63 bits per heavy atom. The first-order chi connectivity index (χ1) is 16.4. The predicted octanol–water partition coefficient (Wildman–Crippen LogP) is 2.86. The van der Waals surface area contributed by atoms with E-state index in [1.54, 1.807) is 45.3 Å². The van der Waals surface area contributed by atoms with Gasteiger partial charge in [-0.2, -0.15) is 9.61 Å². The molecule has 0 saturated carbocycles. The molecule has 0 aliphatic rings. The molecule has 0 aromatic carbocycles. The average molecular weight is 497 g/mol. The van der Waals surface area contributed by atoms with Crippen molar-refractivity contribution in [1.82, 2.24) is 24.1 Å². The van der Waals surface area contributed by atoms with Crippen molar-refractivity contribution in [2.75, 3.05) is 17.3 Å². The fourth-order valence-electron chi connectivity index (χ4n) is 3.18. The fourth-order valence-corrected chi connectivity index (χ4v) is 3.92. The number of thiazole rings is 1. The van der Waals surface area contributed by atoms with E-state index in [4.69, 9.17) is 10.5 Å². The van der Waals surface area contributed by atoms with Gasteiger partial charge in [0.1, 0.15) is 28.5 Å². The van der Waals surface area contributed by atoms with Crippen LogP contribution in [0.15, 0.2) is 41.6 Å². The summed E-state index contributed by atoms with van der Waals surface area (Å²) in [7, 11) is 1.50. The fraction of sp³-hybridized carbons (Fsp3) is 0.273. The van der Waals surface area contributed by atoms with Crippen molar-refractivity contribution >= 4 is 46.3 Å². The molecule has 0 bridgehead atoms. The predicted molar refractivity (Wildman–Crippen MR) is 132 cm³/mol. The van der Waals surface area contributed by atoms with Crippen LogP contribution < -0.4 is 21.5 Å². The van der Waals surface area contributed by atoms with Crippen molar-refractivity contribution in [1.29, 1.82) is 0 Å². The molecule has 3 N–H and O–H groups in total. The number of aromatic nitrogens is 5. The van der Waals surface area contributed by atoms with E-state index in [1.807, 2.05) is 6.92 Å². The van der Waals surface area contributed by atoms with Gasteiger partial charge in [0.25, 0.3) is 11.5 Å². The molecule has 0 unspecified atom stereocenters. The number of ether oxygens (including phenoxy) is 1. The van der Waals surface area contributed by atoms with E-state index in [1.165, 1.54) is 44.6 Å². The molecule has 0 spiro atoms. The molecule has 0 aliphatic carbocycles. The summed E-state index contributed by atoms with van der Waals surface area (Å²) in [4.78, 5) is 48.7. The number of hydrogen-bond acceptors (Lipinski definition) is 9. The van der Waals surface area contributed by atoms with E-state index in [0.29, 0.717) is 5.13 Å². The number of rotatable bonds is 5. The summed E-state index contributed by atoms with van der Waals surface area (Å²) in [5.41, 5.74) is 4.78. The van der Waals surface area contributed by atoms with Crippen molar-refractivity contribution in [3.63, 3.8) is 0 Å². The highest BCUT2D eigenvalue weighted by molar-refractivity contribution is 7.14. The molecule has 182 valence electrons. The zero-order chi connectivity index (χ0) is 25.5. The highest BCUT2D eigenvalue weighted by Gasteiger charge is 2.25. The number of nitrogens with zero attached hydrogens (tertiary/aromatic N) is 6. The van der Waals surface area contributed by atoms with Crippen LogP contribution in [0.4, 0.5) is 22.1 Å². The third kappa shape index (κ3) is 4.84. The van der Waals surface area contributed by atoms with Gasteiger partial charge in [0.05, 0.1) is 6.20 Å². The first-order valence-electron chi connectivity index (χ1n) is 10.5. The lowest BCUT2D eigenvalue weighted by Gasteiger charge is -2.25. The minimum Gasteiger partial charge on any atom is -0.443 e. The van der Waals surface area contributed by atoms with Gasteiger partial charge in [-0.3, -0.25) is 19.1 Å². The van der Waals surface area contributed by atoms with E-state index >= 15 is 0 Å². The van der Waals surface area contributed by atoms with Crippen molar-refractivity contribution in [3.05, 3.63) is 57.6 Å². The number of nitrogens with one attached hydrogen (secondary N) is 1. The van der Waals surface area contributed by atoms with Crippen molar-refractivity contribution in [2.45, 2.75) is 33.3 Å². The van der Waals surface area contributed by atoms with Crippen molar-refractivity contribution in [2.24, 2.45) is 5.73 Å². The van der Waals surface area contributed by atoms with Gasteiger partial charge in [-0.25, -0.2) is 14.8 Å². The second-order valence-electron chi connectivity index (χ2n) is 8.67. The van der Waals surface area contributed by atoms with Gasteiger partial charge in [-0.05, 0) is 39.8 Å². The smallest absolute Gasteiger partial charge is 0.415 e. The van der Waals surface area contributed by atoms with Gasteiger partial charge in [-0.1, -0.05) is 0 Å². The van der Waals surface area contributed by atoms with Crippen LogP contribution in [0, 0.1) is 6.92 Å². The Bertz CT molecular complexity index is 1500. The normalized spacial score (nSPS) is 11.5. The second-order valence-corrected chi connectivity index (χ2v) is 9.89. The number of hydrogen-bond donors (Lipinski definition) is 2. The average Bonchev–Trinajstić information content (AvgIpc) is 3.39. The van der Waals surface area contributed by atoms with Gasteiger partial charge >= 0.3 is 6.09 Å². The van der Waals surface area contributed by atoms with Crippen molar-refractivity contribution < 1.29 is 14.3 Å². The lowest BCUT2D eigenvalue weighted by atomic mass is 10.2. The molecule has 35 heavy (non-hydrogen) atoms. The number of anilines is 3. The standard InChI is InChI=1S/C22H24N8O4S/c1-12-10-24-20(35-12)29-8-6-7-14(19(29)32)26-15-9-16(28(5)21(33)34-22(2,3)4)30-18(27-15)13(11-25-30)17(23)31/h6-11H,1-5H3,(H2,23,31)(H,26,27). The molecule has 0 aliphatic heterocycles. The van der Waals surface area contributed by atoms with Crippen LogP contribution in [0.5, 0.6) is 0 Å². The Kier molecular flexibility index (Phi) is 6.03. The van der Waals surface area contributed by atoms with E-state index in [2.05, 4.69) is 20.4 Å². The maximum Gasteiger partial charge on any atom is 0.415 e. The maximum atomic E-state index is 13.1. The number of nitrogens with two attached hydrogens (primary N) is 1. The molecular formula is C22H24N8O4S. The second kappa shape index (κ2) is 8.83. The molecule has 0 saturated heterocycles. The zero-order valence-corrected chi connectivity index (χ0v) is 20.6. The number of fused-ring (bicyclic) bond motifs is 1. The summed E-state index contributed by atoms with van der Waals surface area (Å²) < 4.78 is 8.17. The monoisotopic (exact) mass is 496 g/mol. The Labute approximate surface area is 204 Å². The van der Waals surface area contributed by atoms with Crippen LogP contribution in [0.2, 0.25) is 0 Å². The number of carbonyl (C=O) groups excluding carboxylic acids is 2. The molecule has 13 heteroatoms. The SMILES string of the molecule is Cc1cnc(-n2cccc(Nc3cc(N(C)C(=O)OC(C)(C)C)n4ncc(C(N)=O)c4n3)c2=O)s1. The molecular weight excluding hydrogens is 472 g/mol. The number of amides is 2.